The van der Waals surface area contributed by atoms with Crippen LogP contribution in [-0.4, -0.2) is 41.2 Å². The number of nitrogens with one attached hydrogen (secondary N) is 2. The summed E-state index contributed by atoms with van der Waals surface area (Å²) in [5.74, 6) is 1.48. The molecule has 0 spiro atoms. The van der Waals surface area contributed by atoms with E-state index in [0.29, 0.717) is 5.82 Å². The zero-order valence-corrected chi connectivity index (χ0v) is 21.2. The Balaban J connectivity index is 1.26. The number of pyridine rings is 3. The summed E-state index contributed by atoms with van der Waals surface area (Å²) < 4.78 is 6.24. The van der Waals surface area contributed by atoms with Crippen LogP contribution in [0.1, 0.15) is 37.0 Å². The molecule has 0 aliphatic heterocycles. The zero-order valence-electron chi connectivity index (χ0n) is 20.4. The average molecular weight is 508 g/mol. The lowest BCUT2D eigenvalue weighted by Crippen LogP contribution is -2.19. The molecule has 6 aromatic rings. The van der Waals surface area contributed by atoms with E-state index in [4.69, 9.17) is 9.72 Å². The second-order valence-corrected chi connectivity index (χ2v) is 10.8. The lowest BCUT2D eigenvalue weighted by atomic mass is 9.98. The molecule has 0 bridgehead atoms. The molecule has 6 heterocycles. The van der Waals surface area contributed by atoms with Gasteiger partial charge in [-0.3, -0.25) is 20.1 Å². The van der Waals surface area contributed by atoms with Crippen LogP contribution in [0.25, 0.3) is 55.2 Å². The van der Waals surface area contributed by atoms with Crippen molar-refractivity contribution in [2.45, 2.75) is 45.1 Å². The Labute approximate surface area is 217 Å². The summed E-state index contributed by atoms with van der Waals surface area (Å²) in [6, 6.07) is 8.29. The third-order valence-electron chi connectivity index (χ3n) is 6.94. The number of hydrogen-bond donors (Lipinski definition) is 2. The number of nitrogens with zero attached hydrogens (tertiary/aromatic N) is 5. The maximum atomic E-state index is 6.24. The van der Waals surface area contributed by atoms with Crippen molar-refractivity contribution >= 4 is 33.3 Å². The summed E-state index contributed by atoms with van der Waals surface area (Å²) in [5.41, 5.74) is 6.08. The van der Waals surface area contributed by atoms with Crippen LogP contribution in [0.4, 0.5) is 0 Å². The van der Waals surface area contributed by atoms with Gasteiger partial charge in [-0.1, -0.05) is 6.42 Å². The zero-order chi connectivity index (χ0) is 24.8. The van der Waals surface area contributed by atoms with Gasteiger partial charge in [-0.25, -0.2) is 4.98 Å². The molecular weight excluding hydrogens is 482 g/mol. The molecule has 0 aromatic carbocycles. The molecule has 0 unspecified atom stereocenters. The highest BCUT2D eigenvalue weighted by Gasteiger charge is 2.18. The molecule has 1 fully saturated rings. The van der Waals surface area contributed by atoms with Crippen molar-refractivity contribution < 1.29 is 4.74 Å². The van der Waals surface area contributed by atoms with Crippen molar-refractivity contribution in [3.8, 4) is 39.0 Å². The molecule has 7 rings (SSSR count). The summed E-state index contributed by atoms with van der Waals surface area (Å²) in [4.78, 5) is 24.3. The minimum Gasteiger partial charge on any atom is -0.489 e. The van der Waals surface area contributed by atoms with E-state index in [0.717, 1.165) is 67.9 Å². The summed E-state index contributed by atoms with van der Waals surface area (Å²) in [7, 11) is 0. The number of aryl methyl sites for hydroxylation is 1. The molecule has 0 amide bonds. The first-order valence-electron chi connectivity index (χ1n) is 12.6. The minimum absolute atomic E-state index is 0.271. The maximum absolute atomic E-state index is 6.24. The monoisotopic (exact) mass is 507 g/mol. The van der Waals surface area contributed by atoms with E-state index in [1.54, 1.807) is 29.9 Å². The molecule has 9 heteroatoms. The first-order chi connectivity index (χ1) is 18.2. The van der Waals surface area contributed by atoms with Crippen molar-refractivity contribution in [2.24, 2.45) is 0 Å². The molecule has 0 atom stereocenters. The molecule has 0 saturated heterocycles. The summed E-state index contributed by atoms with van der Waals surface area (Å²) >= 11 is 1.74. The Morgan fingerprint density at radius 3 is 2.70 bits per heavy atom. The number of imidazole rings is 1. The average Bonchev–Trinajstić information content (AvgIpc) is 3.66. The summed E-state index contributed by atoms with van der Waals surface area (Å²) in [6.07, 6.45) is 15.3. The number of ether oxygens (including phenoxy) is 1. The van der Waals surface area contributed by atoms with E-state index < -0.39 is 0 Å². The molecule has 1 saturated carbocycles. The molecule has 8 nitrogen and oxygen atoms in total. The first-order valence-corrected chi connectivity index (χ1v) is 13.4. The van der Waals surface area contributed by atoms with Gasteiger partial charge in [0.25, 0.3) is 0 Å². The third kappa shape index (κ3) is 4.15. The van der Waals surface area contributed by atoms with E-state index in [1.807, 2.05) is 24.5 Å². The van der Waals surface area contributed by atoms with Crippen LogP contribution < -0.4 is 4.74 Å². The summed E-state index contributed by atoms with van der Waals surface area (Å²) in [6.45, 7) is 2.10. The van der Waals surface area contributed by atoms with Crippen LogP contribution >= 0.6 is 11.3 Å². The fourth-order valence-electron chi connectivity index (χ4n) is 5.06. The second-order valence-electron chi connectivity index (χ2n) is 9.55. The fraction of sp³-hybridized carbons (Fsp3) is 0.250. The molecular formula is C28H25N7OS. The van der Waals surface area contributed by atoms with Gasteiger partial charge in [-0.05, 0) is 56.9 Å². The minimum atomic E-state index is 0.271. The Hall–Kier alpha value is -4.11. The third-order valence-corrected chi connectivity index (χ3v) is 7.97. The lowest BCUT2D eigenvalue weighted by Gasteiger charge is -2.22. The maximum Gasteiger partial charge on any atom is 0.159 e. The smallest absolute Gasteiger partial charge is 0.159 e. The van der Waals surface area contributed by atoms with E-state index in [9.17, 15) is 0 Å². The Morgan fingerprint density at radius 2 is 1.84 bits per heavy atom. The number of rotatable bonds is 5. The molecule has 184 valence electrons. The number of thiophene rings is 1. The van der Waals surface area contributed by atoms with Gasteiger partial charge in [0.15, 0.2) is 5.82 Å². The van der Waals surface area contributed by atoms with Crippen LogP contribution in [0.15, 0.2) is 55.2 Å². The van der Waals surface area contributed by atoms with Crippen molar-refractivity contribution in [1.82, 2.24) is 35.1 Å². The topological polar surface area (TPSA) is 105 Å². The van der Waals surface area contributed by atoms with E-state index in [2.05, 4.69) is 49.2 Å². The van der Waals surface area contributed by atoms with Crippen LogP contribution in [0.2, 0.25) is 0 Å². The predicted molar refractivity (Wildman–Crippen MR) is 146 cm³/mol. The van der Waals surface area contributed by atoms with E-state index in [-0.39, 0.29) is 6.10 Å². The van der Waals surface area contributed by atoms with Crippen LogP contribution in [-0.2, 0) is 0 Å². The summed E-state index contributed by atoms with van der Waals surface area (Å²) in [5, 5.41) is 8.61. The van der Waals surface area contributed by atoms with Gasteiger partial charge in [0.05, 0.1) is 41.4 Å². The second kappa shape index (κ2) is 9.08. The first kappa shape index (κ1) is 22.1. The molecule has 2 N–H and O–H groups in total. The van der Waals surface area contributed by atoms with Gasteiger partial charge in [-0.2, -0.15) is 5.10 Å². The van der Waals surface area contributed by atoms with Crippen molar-refractivity contribution in [2.75, 3.05) is 0 Å². The highest BCUT2D eigenvalue weighted by atomic mass is 32.1. The number of hydrogen-bond acceptors (Lipinski definition) is 7. The van der Waals surface area contributed by atoms with Gasteiger partial charge < -0.3 is 9.72 Å². The van der Waals surface area contributed by atoms with Gasteiger partial charge in [0.1, 0.15) is 17.0 Å². The molecule has 6 aromatic heterocycles. The molecule has 0 radical (unpaired) electrons. The Kier molecular flexibility index (Phi) is 5.43. The van der Waals surface area contributed by atoms with Crippen molar-refractivity contribution in [3.63, 3.8) is 0 Å². The van der Waals surface area contributed by atoms with Crippen molar-refractivity contribution in [1.29, 1.82) is 0 Å². The normalized spacial score (nSPS) is 14.5. The predicted octanol–water partition coefficient (Wildman–Crippen LogP) is 6.71. The number of aromatic amines is 2. The number of fused-ring (bicyclic) bond motifs is 2. The standard InChI is InChI=1S/C28H25N7OS/c1-16-7-8-25(37-16)21-13-30-14-24-26(21)33-28(32-24)27-20-10-22(31-15-23(20)34-35-27)17-9-19(12-29-11-17)36-18-5-3-2-4-6-18/h7-15,18H,2-6H2,1H3,(H,32,33)(H,34,35). The van der Waals surface area contributed by atoms with Crippen LogP contribution in [0.5, 0.6) is 5.75 Å². The Morgan fingerprint density at radius 1 is 0.946 bits per heavy atom. The van der Waals surface area contributed by atoms with Crippen molar-refractivity contribution in [3.05, 3.63) is 60.1 Å². The van der Waals surface area contributed by atoms with Crippen LogP contribution in [0.3, 0.4) is 0 Å². The number of H-pyrrole nitrogens is 2. The largest absolute Gasteiger partial charge is 0.489 e. The quantitative estimate of drug-likeness (QED) is 0.269. The van der Waals surface area contributed by atoms with E-state index >= 15 is 0 Å². The highest BCUT2D eigenvalue weighted by Crippen LogP contribution is 2.35. The highest BCUT2D eigenvalue weighted by molar-refractivity contribution is 7.15. The molecule has 1 aliphatic carbocycles. The van der Waals surface area contributed by atoms with Crippen LogP contribution in [0, 0.1) is 6.92 Å². The molecule has 1 aliphatic rings. The van der Waals surface area contributed by atoms with Gasteiger partial charge in [-0.15, -0.1) is 11.3 Å². The van der Waals surface area contributed by atoms with Gasteiger partial charge in [0.2, 0.25) is 0 Å². The van der Waals surface area contributed by atoms with Gasteiger partial charge >= 0.3 is 0 Å². The number of aromatic nitrogens is 7. The molecule has 37 heavy (non-hydrogen) atoms. The Bertz CT molecular complexity index is 1730. The van der Waals surface area contributed by atoms with E-state index in [1.165, 1.54) is 24.1 Å². The SMILES string of the molecule is Cc1ccc(-c2cncc3[nH]c(-c4n[nH]c5cnc(-c6cncc(OC7CCCCC7)c6)cc45)nc23)s1. The fourth-order valence-corrected chi connectivity index (χ4v) is 5.94. The van der Waals surface area contributed by atoms with Gasteiger partial charge in [0, 0.05) is 38.7 Å². The lowest BCUT2D eigenvalue weighted by molar-refractivity contribution is 0.154.